The summed E-state index contributed by atoms with van der Waals surface area (Å²) >= 11 is 0. The molecule has 7 heavy (non-hydrogen) atoms. The molecule has 42 valence electrons. The normalized spacial score (nSPS) is 42.0. The highest BCUT2D eigenvalue weighted by molar-refractivity contribution is 8.77. The monoisotopic (exact) mass is 134 g/mol. The minimum Gasteiger partial charge on any atom is -0.0936 e. The topological polar surface area (TPSA) is 0 Å². The van der Waals surface area contributed by atoms with Gasteiger partial charge in [-0.2, -0.15) is 0 Å². The lowest BCUT2D eigenvalue weighted by molar-refractivity contribution is 0.665. The third-order valence-electron chi connectivity index (χ3n) is 1.35. The van der Waals surface area contributed by atoms with Crippen molar-refractivity contribution < 1.29 is 0 Å². The van der Waals surface area contributed by atoms with Gasteiger partial charge in [-0.25, -0.2) is 0 Å². The Bertz CT molecular complexity index is 55.1. The van der Waals surface area contributed by atoms with Crippen LogP contribution in [0.3, 0.4) is 0 Å². The molecule has 1 aliphatic heterocycles. The Morgan fingerprint density at radius 2 is 2.14 bits per heavy atom. The number of hydrogen-bond acceptors (Lipinski definition) is 2. The molecule has 1 rings (SSSR count). The molecule has 0 aromatic heterocycles. The number of hydrogen-bond donors (Lipinski definition) is 0. The van der Waals surface area contributed by atoms with E-state index in [4.69, 9.17) is 0 Å². The van der Waals surface area contributed by atoms with Gasteiger partial charge in [0.15, 0.2) is 0 Å². The van der Waals surface area contributed by atoms with Crippen molar-refractivity contribution in [1.82, 2.24) is 0 Å². The molecule has 0 aliphatic carbocycles. The van der Waals surface area contributed by atoms with Crippen molar-refractivity contribution in [3.05, 3.63) is 0 Å². The summed E-state index contributed by atoms with van der Waals surface area (Å²) in [5.74, 6) is 2.29. The predicted molar refractivity (Wildman–Crippen MR) is 38.7 cm³/mol. The van der Waals surface area contributed by atoms with Crippen LogP contribution < -0.4 is 0 Å². The van der Waals surface area contributed by atoms with E-state index in [0.717, 1.165) is 11.2 Å². The van der Waals surface area contributed by atoms with Gasteiger partial charge in [-0.05, 0) is 5.92 Å². The van der Waals surface area contributed by atoms with Gasteiger partial charge in [-0.3, -0.25) is 0 Å². The van der Waals surface area contributed by atoms with E-state index in [1.165, 1.54) is 5.75 Å². The van der Waals surface area contributed by atoms with Crippen LogP contribution in [0.2, 0.25) is 0 Å². The second kappa shape index (κ2) is 2.31. The van der Waals surface area contributed by atoms with Crippen LogP contribution in [0.25, 0.3) is 0 Å². The maximum absolute atomic E-state index is 2.32. The van der Waals surface area contributed by atoms with Crippen LogP contribution in [0.1, 0.15) is 13.8 Å². The Labute approximate surface area is 52.8 Å². The van der Waals surface area contributed by atoms with Crippen LogP contribution in [-0.2, 0) is 0 Å². The second-order valence-corrected chi connectivity index (χ2v) is 4.85. The molecule has 2 atom stereocenters. The Morgan fingerprint density at radius 3 is 2.29 bits per heavy atom. The molecule has 0 aromatic carbocycles. The second-order valence-electron chi connectivity index (χ2n) is 2.06. The highest BCUT2D eigenvalue weighted by Crippen LogP contribution is 2.40. The molecule has 0 N–H and O–H groups in total. The minimum absolute atomic E-state index is 0.894. The summed E-state index contributed by atoms with van der Waals surface area (Å²) in [6.07, 6.45) is 0. The van der Waals surface area contributed by atoms with Gasteiger partial charge in [0.25, 0.3) is 0 Å². The Morgan fingerprint density at radius 1 is 1.43 bits per heavy atom. The molecule has 1 heterocycles. The minimum atomic E-state index is 0.894. The largest absolute Gasteiger partial charge is 0.0936 e. The van der Waals surface area contributed by atoms with Gasteiger partial charge in [-0.1, -0.05) is 35.4 Å². The zero-order valence-electron chi connectivity index (χ0n) is 4.68. The SMILES string of the molecule is C[C@H]1CSS[C@@H]1C. The molecule has 0 nitrogen and oxygen atoms in total. The molecular formula is C5H10S2. The van der Waals surface area contributed by atoms with Crippen LogP contribution >= 0.6 is 21.6 Å². The first-order chi connectivity index (χ1) is 3.30. The zero-order valence-corrected chi connectivity index (χ0v) is 6.31. The molecule has 0 amide bonds. The fourth-order valence-electron chi connectivity index (χ4n) is 0.484. The molecule has 0 radical (unpaired) electrons. The lowest BCUT2D eigenvalue weighted by atomic mass is 10.1. The van der Waals surface area contributed by atoms with Crippen LogP contribution in [0.4, 0.5) is 0 Å². The standard InChI is InChI=1S/C5H10S2/c1-4-3-6-7-5(4)2/h4-5H,3H2,1-2H3/t4-,5+/m0/s1. The summed E-state index contributed by atoms with van der Waals surface area (Å²) in [4.78, 5) is 0. The Kier molecular flexibility index (Phi) is 1.93. The van der Waals surface area contributed by atoms with Gasteiger partial charge in [0.2, 0.25) is 0 Å². The lowest BCUT2D eigenvalue weighted by Gasteiger charge is -2.02. The first-order valence-electron chi connectivity index (χ1n) is 2.59. The van der Waals surface area contributed by atoms with Gasteiger partial charge >= 0.3 is 0 Å². The quantitative estimate of drug-likeness (QED) is 0.467. The van der Waals surface area contributed by atoms with Gasteiger partial charge < -0.3 is 0 Å². The lowest BCUT2D eigenvalue weighted by Crippen LogP contribution is -2.03. The molecule has 1 fully saturated rings. The maximum Gasteiger partial charge on any atom is 0.0156 e. The van der Waals surface area contributed by atoms with Crippen molar-refractivity contribution in [2.45, 2.75) is 19.1 Å². The van der Waals surface area contributed by atoms with E-state index in [1.807, 2.05) is 21.6 Å². The van der Waals surface area contributed by atoms with Crippen molar-refractivity contribution >= 4 is 21.6 Å². The molecule has 2 heteroatoms. The Hall–Kier alpha value is 0.700. The van der Waals surface area contributed by atoms with E-state index in [-0.39, 0.29) is 0 Å². The van der Waals surface area contributed by atoms with Gasteiger partial charge in [0.1, 0.15) is 0 Å². The average Bonchev–Trinajstić information content (AvgIpc) is 1.91. The van der Waals surface area contributed by atoms with E-state index < -0.39 is 0 Å². The van der Waals surface area contributed by atoms with Crippen molar-refractivity contribution in [3.8, 4) is 0 Å². The summed E-state index contributed by atoms with van der Waals surface area (Å²) < 4.78 is 0. The number of rotatable bonds is 0. The van der Waals surface area contributed by atoms with Crippen LogP contribution in [0, 0.1) is 5.92 Å². The molecule has 0 aromatic rings. The predicted octanol–water partition coefficient (Wildman–Crippen LogP) is 2.41. The summed E-state index contributed by atoms with van der Waals surface area (Å²) in [6.45, 7) is 4.62. The molecule has 0 unspecified atom stereocenters. The van der Waals surface area contributed by atoms with E-state index in [2.05, 4.69) is 13.8 Å². The molecule has 1 aliphatic rings. The van der Waals surface area contributed by atoms with E-state index in [0.29, 0.717) is 0 Å². The van der Waals surface area contributed by atoms with Crippen LogP contribution in [0.15, 0.2) is 0 Å². The van der Waals surface area contributed by atoms with Crippen LogP contribution in [0.5, 0.6) is 0 Å². The smallest absolute Gasteiger partial charge is 0.0156 e. The highest BCUT2D eigenvalue weighted by Gasteiger charge is 2.19. The van der Waals surface area contributed by atoms with Crippen molar-refractivity contribution in [3.63, 3.8) is 0 Å². The maximum atomic E-state index is 2.32. The fourth-order valence-corrected chi connectivity index (χ4v) is 3.78. The zero-order chi connectivity index (χ0) is 5.28. The molecule has 0 bridgehead atoms. The molecular weight excluding hydrogens is 124 g/mol. The first kappa shape index (κ1) is 5.83. The summed E-state index contributed by atoms with van der Waals surface area (Å²) in [5, 5.41) is 0.894. The third-order valence-corrected chi connectivity index (χ3v) is 4.65. The summed E-state index contributed by atoms with van der Waals surface area (Å²) in [6, 6.07) is 0. The van der Waals surface area contributed by atoms with E-state index in [1.54, 1.807) is 0 Å². The molecule has 1 saturated heterocycles. The average molecular weight is 134 g/mol. The Balaban J connectivity index is 2.33. The summed E-state index contributed by atoms with van der Waals surface area (Å²) in [5.41, 5.74) is 0. The van der Waals surface area contributed by atoms with Crippen molar-refractivity contribution in [2.75, 3.05) is 5.75 Å². The van der Waals surface area contributed by atoms with E-state index >= 15 is 0 Å². The fraction of sp³-hybridized carbons (Fsp3) is 1.00. The molecule has 0 saturated carbocycles. The van der Waals surface area contributed by atoms with Gasteiger partial charge in [0, 0.05) is 11.0 Å². The van der Waals surface area contributed by atoms with E-state index in [9.17, 15) is 0 Å². The third kappa shape index (κ3) is 1.29. The first-order valence-corrected chi connectivity index (χ1v) is 4.97. The van der Waals surface area contributed by atoms with Crippen molar-refractivity contribution in [1.29, 1.82) is 0 Å². The van der Waals surface area contributed by atoms with Gasteiger partial charge in [-0.15, -0.1) is 0 Å². The molecule has 0 spiro atoms. The van der Waals surface area contributed by atoms with Gasteiger partial charge in [0.05, 0.1) is 0 Å². The van der Waals surface area contributed by atoms with Crippen molar-refractivity contribution in [2.24, 2.45) is 5.92 Å². The summed E-state index contributed by atoms with van der Waals surface area (Å²) in [7, 11) is 4.03. The van der Waals surface area contributed by atoms with Crippen LogP contribution in [-0.4, -0.2) is 11.0 Å². The highest BCUT2D eigenvalue weighted by atomic mass is 33.1.